The summed E-state index contributed by atoms with van der Waals surface area (Å²) in [6.07, 6.45) is 0. The summed E-state index contributed by atoms with van der Waals surface area (Å²) in [6.45, 7) is 3.19. The number of esters is 1. The Balaban J connectivity index is 2.77. The number of Topliss-reactive ketones (excluding diaryl/α,β-unsaturated/α-hetero) is 1. The van der Waals surface area contributed by atoms with Crippen molar-refractivity contribution in [3.63, 3.8) is 0 Å². The second kappa shape index (κ2) is 6.08. The minimum Gasteiger partial charge on any atom is -0.481 e. The molecule has 0 atom stereocenters. The lowest BCUT2D eigenvalue weighted by atomic mass is 9.93. The fourth-order valence-corrected chi connectivity index (χ4v) is 1.29. The summed E-state index contributed by atoms with van der Waals surface area (Å²) >= 11 is 0. The van der Waals surface area contributed by atoms with Gasteiger partial charge in [-0.1, -0.05) is 17.6 Å². The molecule has 1 rings (SSSR count). The molecule has 0 heterocycles. The third kappa shape index (κ3) is 3.94. The van der Waals surface area contributed by atoms with Crippen LogP contribution in [0, 0.1) is 0 Å². The lowest BCUT2D eigenvalue weighted by Gasteiger charge is -2.10. The topological polar surface area (TPSA) is 52.6 Å². The summed E-state index contributed by atoms with van der Waals surface area (Å²) < 4.78 is 9.93. The molecular weight excluding hydrogens is 219 g/mol. The van der Waals surface area contributed by atoms with Gasteiger partial charge < -0.3 is 9.47 Å². The van der Waals surface area contributed by atoms with Gasteiger partial charge in [0.25, 0.3) is 0 Å². The third-order valence-corrected chi connectivity index (χ3v) is 2.03. The van der Waals surface area contributed by atoms with Gasteiger partial charge in [0.05, 0.1) is 12.2 Å². The van der Waals surface area contributed by atoms with Gasteiger partial charge in [-0.15, -0.1) is 0 Å². The smallest absolute Gasteiger partial charge is 0.344 e. The lowest BCUT2D eigenvalue weighted by molar-refractivity contribution is -0.145. The molecule has 0 saturated carbocycles. The van der Waals surface area contributed by atoms with E-state index in [0.29, 0.717) is 23.4 Å². The van der Waals surface area contributed by atoms with E-state index < -0.39 is 5.97 Å². The Morgan fingerprint density at radius 1 is 1.35 bits per heavy atom. The Bertz CT molecular complexity index is 429. The Morgan fingerprint density at radius 2 is 2.06 bits per heavy atom. The van der Waals surface area contributed by atoms with Crippen LogP contribution < -0.4 is 10.2 Å². The van der Waals surface area contributed by atoms with Crippen molar-refractivity contribution in [2.24, 2.45) is 0 Å². The summed E-state index contributed by atoms with van der Waals surface area (Å²) in [5.41, 5.74) is 0.827. The Hall–Kier alpha value is -1.78. The van der Waals surface area contributed by atoms with Crippen molar-refractivity contribution in [2.75, 3.05) is 13.2 Å². The van der Waals surface area contributed by atoms with E-state index in [1.807, 2.05) is 0 Å². The average molecular weight is 232 g/mol. The number of carbonyl (C=O) groups is 2. The molecule has 0 aliphatic rings. The van der Waals surface area contributed by atoms with Crippen LogP contribution in [0.2, 0.25) is 0 Å². The van der Waals surface area contributed by atoms with Crippen molar-refractivity contribution < 1.29 is 19.1 Å². The molecule has 1 aromatic carbocycles. The summed E-state index contributed by atoms with van der Waals surface area (Å²) in [5.74, 6) is -0.310. The number of benzene rings is 1. The van der Waals surface area contributed by atoms with Crippen molar-refractivity contribution in [3.8, 4) is 5.75 Å². The van der Waals surface area contributed by atoms with E-state index in [1.54, 1.807) is 19.1 Å². The van der Waals surface area contributed by atoms with Crippen LogP contribution >= 0.6 is 0 Å². The highest BCUT2D eigenvalue weighted by atomic mass is 16.6. The number of hydrogen-bond acceptors (Lipinski definition) is 4. The molecule has 4 nitrogen and oxygen atoms in total. The largest absolute Gasteiger partial charge is 0.481 e. The second-order valence-corrected chi connectivity index (χ2v) is 3.41. The first-order chi connectivity index (χ1) is 8.04. The summed E-state index contributed by atoms with van der Waals surface area (Å²) in [6, 6.07) is 4.68. The summed E-state index contributed by atoms with van der Waals surface area (Å²) in [5, 5.41) is 0. The first-order valence-corrected chi connectivity index (χ1v) is 5.23. The van der Waals surface area contributed by atoms with Crippen molar-refractivity contribution in [1.82, 2.24) is 0 Å². The van der Waals surface area contributed by atoms with Crippen LogP contribution in [0.15, 0.2) is 18.2 Å². The van der Waals surface area contributed by atoms with Gasteiger partial charge in [0, 0.05) is 0 Å². The first-order valence-electron chi connectivity index (χ1n) is 5.23. The highest BCUT2D eigenvalue weighted by Crippen LogP contribution is 2.17. The lowest BCUT2D eigenvalue weighted by Crippen LogP contribution is -2.16. The quantitative estimate of drug-likeness (QED) is 0.424. The maximum Gasteiger partial charge on any atom is 0.344 e. The van der Waals surface area contributed by atoms with Crippen molar-refractivity contribution >= 4 is 25.1 Å². The molecule has 2 radical (unpaired) electrons. The van der Waals surface area contributed by atoms with E-state index in [1.165, 1.54) is 13.0 Å². The van der Waals surface area contributed by atoms with E-state index in [2.05, 4.69) is 0 Å². The molecule has 17 heavy (non-hydrogen) atoms. The van der Waals surface area contributed by atoms with Gasteiger partial charge in [-0.25, -0.2) is 4.79 Å². The second-order valence-electron chi connectivity index (χ2n) is 3.41. The number of carbonyl (C=O) groups excluding carboxylic acids is 2. The van der Waals surface area contributed by atoms with Crippen LogP contribution in [0.3, 0.4) is 0 Å². The molecule has 0 fully saturated rings. The minimum absolute atomic E-state index is 0.170. The van der Waals surface area contributed by atoms with Crippen molar-refractivity contribution in [1.29, 1.82) is 0 Å². The van der Waals surface area contributed by atoms with Gasteiger partial charge in [-0.2, -0.15) is 0 Å². The number of rotatable bonds is 5. The molecule has 0 aliphatic carbocycles. The molecule has 5 heteroatoms. The van der Waals surface area contributed by atoms with Crippen LogP contribution in [0.1, 0.15) is 24.2 Å². The number of hydrogen-bond donors (Lipinski definition) is 0. The zero-order valence-corrected chi connectivity index (χ0v) is 9.86. The van der Waals surface area contributed by atoms with Crippen LogP contribution in [0.4, 0.5) is 0 Å². The molecule has 1 aromatic rings. The van der Waals surface area contributed by atoms with Crippen molar-refractivity contribution in [2.45, 2.75) is 13.8 Å². The summed E-state index contributed by atoms with van der Waals surface area (Å²) in [7, 11) is 5.57. The predicted octanol–water partition coefficient (Wildman–Crippen LogP) is 0.625. The van der Waals surface area contributed by atoms with Crippen molar-refractivity contribution in [3.05, 3.63) is 23.8 Å². The van der Waals surface area contributed by atoms with Crippen LogP contribution in [-0.2, 0) is 9.53 Å². The maximum atomic E-state index is 11.3. The van der Waals surface area contributed by atoms with Crippen LogP contribution in [0.5, 0.6) is 5.75 Å². The molecule has 0 amide bonds. The molecule has 0 saturated heterocycles. The zero-order valence-electron chi connectivity index (χ0n) is 9.86. The Labute approximate surface area is 101 Å². The normalized spacial score (nSPS) is 9.76. The molecule has 0 spiro atoms. The Kier molecular flexibility index (Phi) is 4.76. The highest BCUT2D eigenvalue weighted by molar-refractivity contribution is 6.32. The molecule has 0 unspecified atom stereocenters. The van der Waals surface area contributed by atoms with Gasteiger partial charge in [0.15, 0.2) is 12.4 Å². The monoisotopic (exact) mass is 232 g/mol. The molecule has 0 N–H and O–H groups in total. The van der Waals surface area contributed by atoms with Gasteiger partial charge in [-0.05, 0) is 19.9 Å². The van der Waals surface area contributed by atoms with Gasteiger partial charge in [0.1, 0.15) is 13.6 Å². The first kappa shape index (κ1) is 13.3. The van der Waals surface area contributed by atoms with E-state index in [4.69, 9.17) is 17.3 Å². The maximum absolute atomic E-state index is 11.3. The molecular formula is C12H13BO4. The fraction of sp³-hybridized carbons (Fsp3) is 0.333. The SMILES string of the molecule is [B]c1ccc(OCC(=O)OCC)c(C(C)=O)c1. The van der Waals surface area contributed by atoms with Gasteiger partial charge in [0.2, 0.25) is 0 Å². The van der Waals surface area contributed by atoms with E-state index in [0.717, 1.165) is 0 Å². The summed E-state index contributed by atoms with van der Waals surface area (Å²) in [4.78, 5) is 22.4. The Morgan fingerprint density at radius 3 is 2.65 bits per heavy atom. The van der Waals surface area contributed by atoms with E-state index in [-0.39, 0.29) is 12.4 Å². The van der Waals surface area contributed by atoms with E-state index in [9.17, 15) is 9.59 Å². The van der Waals surface area contributed by atoms with Gasteiger partial charge in [-0.3, -0.25) is 4.79 Å². The molecule has 0 aliphatic heterocycles. The van der Waals surface area contributed by atoms with Crippen LogP contribution in [-0.4, -0.2) is 32.8 Å². The molecule has 0 bridgehead atoms. The van der Waals surface area contributed by atoms with E-state index >= 15 is 0 Å². The molecule has 88 valence electrons. The van der Waals surface area contributed by atoms with Gasteiger partial charge >= 0.3 is 5.97 Å². The third-order valence-electron chi connectivity index (χ3n) is 2.03. The number of ketones is 1. The zero-order chi connectivity index (χ0) is 12.8. The number of ether oxygens (including phenoxy) is 2. The molecule has 0 aromatic heterocycles. The van der Waals surface area contributed by atoms with Crippen LogP contribution in [0.25, 0.3) is 0 Å². The minimum atomic E-state index is -0.473. The standard InChI is InChI=1S/C12H13BO4/c1-3-16-12(15)7-17-11-5-4-9(13)6-10(11)8(2)14/h4-6H,3,7H2,1-2H3. The highest BCUT2D eigenvalue weighted by Gasteiger charge is 2.10. The average Bonchev–Trinajstić information content (AvgIpc) is 2.27. The predicted molar refractivity (Wildman–Crippen MR) is 64.0 cm³/mol. The fourth-order valence-electron chi connectivity index (χ4n) is 1.29.